The number of pyridine rings is 1. The molecule has 0 spiro atoms. The molecule has 1 amide bonds. The summed E-state index contributed by atoms with van der Waals surface area (Å²) in [5, 5.41) is 3.37. The molecule has 20 heavy (non-hydrogen) atoms. The highest BCUT2D eigenvalue weighted by Gasteiger charge is 2.30. The van der Waals surface area contributed by atoms with Crippen molar-refractivity contribution in [3.63, 3.8) is 0 Å². The molecule has 0 unspecified atom stereocenters. The minimum absolute atomic E-state index is 0.0869. The molecule has 5 heteroatoms. The number of amides is 1. The standard InChI is InChI=1S/C15H21ClN2O2/c1-4-20-12-7-11(8-12)17-15(19)10-5-13(9(2)3)18-14(16)6-10/h5-6,9,11-12H,4,7-8H2,1-3H3,(H,17,19). The van der Waals surface area contributed by atoms with Gasteiger partial charge < -0.3 is 10.1 Å². The van der Waals surface area contributed by atoms with E-state index in [0.717, 1.165) is 25.1 Å². The summed E-state index contributed by atoms with van der Waals surface area (Å²) >= 11 is 5.98. The van der Waals surface area contributed by atoms with Gasteiger partial charge in [0.2, 0.25) is 0 Å². The Balaban J connectivity index is 1.96. The van der Waals surface area contributed by atoms with E-state index in [1.54, 1.807) is 6.07 Å². The highest BCUT2D eigenvalue weighted by molar-refractivity contribution is 6.29. The van der Waals surface area contributed by atoms with Crippen LogP contribution >= 0.6 is 11.6 Å². The Hall–Kier alpha value is -1.13. The molecule has 1 aliphatic rings. The zero-order valence-corrected chi connectivity index (χ0v) is 12.9. The molecule has 2 rings (SSSR count). The first-order valence-electron chi connectivity index (χ1n) is 7.09. The molecule has 0 saturated heterocycles. The number of carbonyl (C=O) groups is 1. The van der Waals surface area contributed by atoms with Crippen molar-refractivity contribution in [1.82, 2.24) is 10.3 Å². The van der Waals surface area contributed by atoms with Gasteiger partial charge in [0.1, 0.15) is 5.15 Å². The maximum absolute atomic E-state index is 12.2. The molecule has 0 aromatic carbocycles. The van der Waals surface area contributed by atoms with Crippen LogP contribution in [0.5, 0.6) is 0 Å². The van der Waals surface area contributed by atoms with E-state index in [9.17, 15) is 4.79 Å². The molecule has 0 radical (unpaired) electrons. The number of hydrogen-bond acceptors (Lipinski definition) is 3. The quantitative estimate of drug-likeness (QED) is 0.849. The Kier molecular flexibility index (Phi) is 5.00. The van der Waals surface area contributed by atoms with Crippen LogP contribution in [0.15, 0.2) is 12.1 Å². The van der Waals surface area contributed by atoms with Gasteiger partial charge in [-0.25, -0.2) is 4.98 Å². The van der Waals surface area contributed by atoms with Crippen molar-refractivity contribution in [2.75, 3.05) is 6.61 Å². The van der Waals surface area contributed by atoms with Crippen LogP contribution in [0.4, 0.5) is 0 Å². The highest BCUT2D eigenvalue weighted by atomic mass is 35.5. The van der Waals surface area contributed by atoms with E-state index in [-0.39, 0.29) is 24.0 Å². The summed E-state index contributed by atoms with van der Waals surface area (Å²) in [6.07, 6.45) is 2.06. The zero-order valence-electron chi connectivity index (χ0n) is 12.1. The number of nitrogens with zero attached hydrogens (tertiary/aromatic N) is 1. The number of aromatic nitrogens is 1. The van der Waals surface area contributed by atoms with Crippen LogP contribution in [-0.2, 0) is 4.74 Å². The molecular formula is C15H21ClN2O2. The van der Waals surface area contributed by atoms with Gasteiger partial charge in [-0.05, 0) is 37.8 Å². The second-order valence-corrected chi connectivity index (χ2v) is 5.86. The first kappa shape index (κ1) is 15.3. The van der Waals surface area contributed by atoms with E-state index in [1.807, 2.05) is 26.8 Å². The second kappa shape index (κ2) is 6.55. The first-order valence-corrected chi connectivity index (χ1v) is 7.47. The lowest BCUT2D eigenvalue weighted by Crippen LogP contribution is -2.47. The molecule has 1 aliphatic carbocycles. The van der Waals surface area contributed by atoms with E-state index in [1.165, 1.54) is 0 Å². The average molecular weight is 297 g/mol. The highest BCUT2D eigenvalue weighted by Crippen LogP contribution is 2.24. The van der Waals surface area contributed by atoms with Crippen molar-refractivity contribution in [3.8, 4) is 0 Å². The largest absolute Gasteiger partial charge is 0.378 e. The topological polar surface area (TPSA) is 51.2 Å². The number of rotatable bonds is 5. The molecular weight excluding hydrogens is 276 g/mol. The summed E-state index contributed by atoms with van der Waals surface area (Å²) in [7, 11) is 0. The Morgan fingerprint density at radius 1 is 1.50 bits per heavy atom. The lowest BCUT2D eigenvalue weighted by molar-refractivity contribution is -0.00862. The van der Waals surface area contributed by atoms with Crippen LogP contribution in [0.3, 0.4) is 0 Å². The average Bonchev–Trinajstić information content (AvgIpc) is 2.35. The van der Waals surface area contributed by atoms with Crippen molar-refractivity contribution >= 4 is 17.5 Å². The fourth-order valence-corrected chi connectivity index (χ4v) is 2.48. The number of ether oxygens (including phenoxy) is 1. The Labute approximate surface area is 124 Å². The third kappa shape index (κ3) is 3.70. The minimum atomic E-state index is -0.0869. The third-order valence-corrected chi connectivity index (χ3v) is 3.69. The number of nitrogens with one attached hydrogen (secondary N) is 1. The van der Waals surface area contributed by atoms with Crippen molar-refractivity contribution in [1.29, 1.82) is 0 Å². The molecule has 1 fully saturated rings. The van der Waals surface area contributed by atoms with Gasteiger partial charge in [0.25, 0.3) is 5.91 Å². The molecule has 1 N–H and O–H groups in total. The van der Waals surface area contributed by atoms with Gasteiger partial charge in [0, 0.05) is 23.9 Å². The monoisotopic (exact) mass is 296 g/mol. The molecule has 4 nitrogen and oxygen atoms in total. The summed E-state index contributed by atoms with van der Waals surface area (Å²) in [6, 6.07) is 3.62. The summed E-state index contributed by atoms with van der Waals surface area (Å²) in [5.41, 5.74) is 1.41. The molecule has 110 valence electrons. The third-order valence-electron chi connectivity index (χ3n) is 3.50. The van der Waals surface area contributed by atoms with Crippen LogP contribution in [0.25, 0.3) is 0 Å². The predicted octanol–water partition coefficient (Wildman–Crippen LogP) is 3.16. The molecule has 0 atom stereocenters. The zero-order chi connectivity index (χ0) is 14.7. The summed E-state index contributed by atoms with van der Waals surface area (Å²) in [5.74, 6) is 0.155. The number of halogens is 1. The fourth-order valence-electron chi connectivity index (χ4n) is 2.27. The number of carbonyl (C=O) groups excluding carboxylic acids is 1. The van der Waals surface area contributed by atoms with Crippen molar-refractivity contribution in [2.45, 2.75) is 51.7 Å². The Morgan fingerprint density at radius 3 is 2.80 bits per heavy atom. The predicted molar refractivity (Wildman–Crippen MR) is 79.2 cm³/mol. The summed E-state index contributed by atoms with van der Waals surface area (Å²) in [4.78, 5) is 16.4. The molecule has 1 aromatic heterocycles. The smallest absolute Gasteiger partial charge is 0.251 e. The van der Waals surface area contributed by atoms with Gasteiger partial charge in [0.15, 0.2) is 0 Å². The van der Waals surface area contributed by atoms with E-state index < -0.39 is 0 Å². The molecule has 0 bridgehead atoms. The Bertz CT molecular complexity index is 485. The van der Waals surface area contributed by atoms with Gasteiger partial charge in [-0.2, -0.15) is 0 Å². The van der Waals surface area contributed by atoms with E-state index in [4.69, 9.17) is 16.3 Å². The fraction of sp³-hybridized carbons (Fsp3) is 0.600. The van der Waals surface area contributed by atoms with Crippen LogP contribution in [0, 0.1) is 0 Å². The van der Waals surface area contributed by atoms with E-state index in [0.29, 0.717) is 10.7 Å². The van der Waals surface area contributed by atoms with Crippen molar-refractivity contribution < 1.29 is 9.53 Å². The normalized spacial score (nSPS) is 21.6. The van der Waals surface area contributed by atoms with E-state index >= 15 is 0 Å². The van der Waals surface area contributed by atoms with Crippen molar-refractivity contribution in [3.05, 3.63) is 28.5 Å². The second-order valence-electron chi connectivity index (χ2n) is 5.48. The molecule has 1 aromatic rings. The van der Waals surface area contributed by atoms with Crippen LogP contribution in [0.1, 0.15) is 55.6 Å². The van der Waals surface area contributed by atoms with Gasteiger partial charge >= 0.3 is 0 Å². The maximum atomic E-state index is 12.2. The summed E-state index contributed by atoms with van der Waals surface area (Å²) in [6.45, 7) is 6.76. The Morgan fingerprint density at radius 2 is 2.20 bits per heavy atom. The summed E-state index contributed by atoms with van der Waals surface area (Å²) < 4.78 is 5.48. The van der Waals surface area contributed by atoms with Crippen molar-refractivity contribution in [2.24, 2.45) is 0 Å². The van der Waals surface area contributed by atoms with E-state index in [2.05, 4.69) is 10.3 Å². The van der Waals surface area contributed by atoms with Crippen LogP contribution in [-0.4, -0.2) is 29.6 Å². The SMILES string of the molecule is CCOC1CC(NC(=O)c2cc(Cl)nc(C(C)C)c2)C1. The molecule has 0 aliphatic heterocycles. The lowest BCUT2D eigenvalue weighted by atomic mass is 9.89. The van der Waals surface area contributed by atoms with Gasteiger partial charge in [-0.1, -0.05) is 25.4 Å². The maximum Gasteiger partial charge on any atom is 0.251 e. The lowest BCUT2D eigenvalue weighted by Gasteiger charge is -2.35. The first-order chi connectivity index (χ1) is 9.49. The van der Waals surface area contributed by atoms with Crippen LogP contribution < -0.4 is 5.32 Å². The van der Waals surface area contributed by atoms with Crippen LogP contribution in [0.2, 0.25) is 5.15 Å². The van der Waals surface area contributed by atoms with Gasteiger partial charge in [-0.15, -0.1) is 0 Å². The molecule has 1 heterocycles. The van der Waals surface area contributed by atoms with Gasteiger partial charge in [-0.3, -0.25) is 4.79 Å². The molecule has 1 saturated carbocycles. The minimum Gasteiger partial charge on any atom is -0.378 e. The van der Waals surface area contributed by atoms with Gasteiger partial charge in [0.05, 0.1) is 6.10 Å². The number of hydrogen-bond donors (Lipinski definition) is 1.